The number of hydrogen-bond acceptors (Lipinski definition) is 4. The maximum absolute atomic E-state index is 12.6. The maximum Gasteiger partial charge on any atom is 0.228 e. The lowest BCUT2D eigenvalue weighted by Crippen LogP contribution is -2.48. The van der Waals surface area contributed by atoms with E-state index in [0.29, 0.717) is 13.0 Å². The highest BCUT2D eigenvalue weighted by molar-refractivity contribution is 7.13. The van der Waals surface area contributed by atoms with Crippen LogP contribution >= 0.6 is 11.3 Å². The minimum absolute atomic E-state index is 0.154. The lowest BCUT2D eigenvalue weighted by Gasteiger charge is -2.35. The Morgan fingerprint density at radius 2 is 2.13 bits per heavy atom. The van der Waals surface area contributed by atoms with Gasteiger partial charge in [0.05, 0.1) is 12.1 Å². The number of likely N-dealkylation sites (tertiary alicyclic amines) is 1. The van der Waals surface area contributed by atoms with Crippen LogP contribution in [0.2, 0.25) is 0 Å². The average molecular weight is 329 g/mol. The van der Waals surface area contributed by atoms with Crippen LogP contribution in [-0.2, 0) is 11.2 Å². The molecular formula is C18H23N3OS. The highest BCUT2D eigenvalue weighted by Gasteiger charge is 2.25. The van der Waals surface area contributed by atoms with Gasteiger partial charge in [-0.05, 0) is 26.2 Å². The Morgan fingerprint density at radius 3 is 2.87 bits per heavy atom. The molecule has 0 aliphatic carbocycles. The molecule has 5 heteroatoms. The number of hydrogen-bond donors (Lipinski definition) is 1. The number of rotatable bonds is 4. The van der Waals surface area contributed by atoms with Crippen LogP contribution in [0.3, 0.4) is 0 Å². The second-order valence-electron chi connectivity index (χ2n) is 6.16. The number of nitrogens with zero attached hydrogens (tertiary/aromatic N) is 2. The van der Waals surface area contributed by atoms with Gasteiger partial charge in [-0.1, -0.05) is 29.8 Å². The predicted octanol–water partition coefficient (Wildman–Crippen LogP) is 3.00. The molecule has 1 aromatic heterocycles. The Kier molecular flexibility index (Phi) is 5.08. The van der Waals surface area contributed by atoms with Gasteiger partial charge < -0.3 is 10.6 Å². The largest absolute Gasteiger partial charge is 0.338 e. The Labute approximate surface area is 141 Å². The average Bonchev–Trinajstić information content (AvgIpc) is 3.04. The first kappa shape index (κ1) is 16.1. The molecule has 0 spiro atoms. The Hall–Kier alpha value is -1.72. The lowest BCUT2D eigenvalue weighted by atomic mass is 10.0. The molecule has 122 valence electrons. The Morgan fingerprint density at radius 1 is 1.35 bits per heavy atom. The van der Waals surface area contributed by atoms with Crippen LogP contribution in [0.25, 0.3) is 10.6 Å². The van der Waals surface area contributed by atoms with E-state index in [-0.39, 0.29) is 11.9 Å². The highest BCUT2D eigenvalue weighted by atomic mass is 32.1. The van der Waals surface area contributed by atoms with Crippen molar-refractivity contribution in [2.45, 2.75) is 38.6 Å². The number of carbonyl (C=O) groups is 1. The van der Waals surface area contributed by atoms with E-state index < -0.39 is 0 Å². The summed E-state index contributed by atoms with van der Waals surface area (Å²) in [4.78, 5) is 19.2. The fourth-order valence-corrected chi connectivity index (χ4v) is 3.87. The van der Waals surface area contributed by atoms with Gasteiger partial charge >= 0.3 is 0 Å². The van der Waals surface area contributed by atoms with Gasteiger partial charge in [0, 0.05) is 30.1 Å². The van der Waals surface area contributed by atoms with Gasteiger partial charge in [-0.2, -0.15) is 0 Å². The number of thiazole rings is 1. The van der Waals surface area contributed by atoms with Crippen molar-refractivity contribution in [3.8, 4) is 10.6 Å². The summed E-state index contributed by atoms with van der Waals surface area (Å²) in [5.41, 5.74) is 9.01. The highest BCUT2D eigenvalue weighted by Crippen LogP contribution is 2.25. The number of aryl methyl sites for hydroxylation is 1. The smallest absolute Gasteiger partial charge is 0.228 e. The molecule has 2 heterocycles. The summed E-state index contributed by atoms with van der Waals surface area (Å²) in [5, 5.41) is 2.97. The zero-order chi connectivity index (χ0) is 16.2. The van der Waals surface area contributed by atoms with Crippen molar-refractivity contribution in [2.75, 3.05) is 13.1 Å². The summed E-state index contributed by atoms with van der Waals surface area (Å²) in [6.07, 6.45) is 3.64. The third kappa shape index (κ3) is 3.79. The number of amides is 1. The minimum Gasteiger partial charge on any atom is -0.338 e. The van der Waals surface area contributed by atoms with Crippen LogP contribution in [0.5, 0.6) is 0 Å². The molecule has 1 aliphatic rings. The van der Waals surface area contributed by atoms with Gasteiger partial charge in [0.1, 0.15) is 5.01 Å². The standard InChI is InChI=1S/C18H23N3OS/c1-13-5-7-14(8-6-13)18-20-15(12-23-18)10-17(22)21-9-3-2-4-16(21)11-19/h5-8,12,16H,2-4,9-11,19H2,1H3. The molecule has 1 unspecified atom stereocenters. The third-order valence-electron chi connectivity index (χ3n) is 4.40. The molecule has 1 atom stereocenters. The number of aromatic nitrogens is 1. The van der Waals surface area contributed by atoms with E-state index in [9.17, 15) is 4.79 Å². The van der Waals surface area contributed by atoms with Gasteiger partial charge in [-0.15, -0.1) is 11.3 Å². The zero-order valence-electron chi connectivity index (χ0n) is 13.5. The van der Waals surface area contributed by atoms with E-state index in [2.05, 4.69) is 36.2 Å². The summed E-state index contributed by atoms with van der Waals surface area (Å²) in [5.74, 6) is 0.154. The lowest BCUT2D eigenvalue weighted by molar-refractivity contribution is -0.133. The molecule has 0 radical (unpaired) electrons. The molecule has 0 bridgehead atoms. The first-order chi connectivity index (χ1) is 11.2. The first-order valence-corrected chi connectivity index (χ1v) is 9.06. The normalized spacial score (nSPS) is 18.2. The van der Waals surface area contributed by atoms with Gasteiger partial charge in [-0.3, -0.25) is 4.79 Å². The maximum atomic E-state index is 12.6. The van der Waals surface area contributed by atoms with Crippen molar-refractivity contribution in [3.05, 3.63) is 40.9 Å². The van der Waals surface area contributed by atoms with Crippen molar-refractivity contribution in [1.82, 2.24) is 9.88 Å². The molecule has 1 amide bonds. The second-order valence-corrected chi connectivity index (χ2v) is 7.02. The van der Waals surface area contributed by atoms with Crippen molar-refractivity contribution in [2.24, 2.45) is 5.73 Å². The zero-order valence-corrected chi connectivity index (χ0v) is 14.3. The number of nitrogens with two attached hydrogens (primary N) is 1. The summed E-state index contributed by atoms with van der Waals surface area (Å²) in [7, 11) is 0. The Bertz CT molecular complexity index is 665. The minimum atomic E-state index is 0.154. The van der Waals surface area contributed by atoms with Crippen molar-refractivity contribution < 1.29 is 4.79 Å². The number of carbonyl (C=O) groups excluding carboxylic acids is 1. The van der Waals surface area contributed by atoms with Crippen LogP contribution < -0.4 is 5.73 Å². The van der Waals surface area contributed by atoms with Crippen molar-refractivity contribution in [1.29, 1.82) is 0 Å². The number of piperidine rings is 1. The molecule has 0 saturated carbocycles. The molecule has 23 heavy (non-hydrogen) atoms. The van der Waals surface area contributed by atoms with Crippen LogP contribution in [0, 0.1) is 6.92 Å². The van der Waals surface area contributed by atoms with Crippen LogP contribution in [-0.4, -0.2) is 34.9 Å². The molecule has 1 aromatic carbocycles. The quantitative estimate of drug-likeness (QED) is 0.938. The topological polar surface area (TPSA) is 59.2 Å². The van der Waals surface area contributed by atoms with E-state index in [0.717, 1.165) is 35.7 Å². The van der Waals surface area contributed by atoms with Crippen LogP contribution in [0.4, 0.5) is 0 Å². The number of benzene rings is 1. The van der Waals surface area contributed by atoms with Gasteiger partial charge in [0.25, 0.3) is 0 Å². The van der Waals surface area contributed by atoms with E-state index >= 15 is 0 Å². The third-order valence-corrected chi connectivity index (χ3v) is 5.34. The van der Waals surface area contributed by atoms with E-state index in [1.807, 2.05) is 10.3 Å². The molecule has 1 saturated heterocycles. The molecule has 3 rings (SSSR count). The Balaban J connectivity index is 1.68. The summed E-state index contributed by atoms with van der Waals surface area (Å²) in [6, 6.07) is 8.53. The summed E-state index contributed by atoms with van der Waals surface area (Å²) < 4.78 is 0. The van der Waals surface area contributed by atoms with E-state index in [1.165, 1.54) is 12.0 Å². The van der Waals surface area contributed by atoms with Crippen molar-refractivity contribution >= 4 is 17.2 Å². The van der Waals surface area contributed by atoms with Gasteiger partial charge in [0.2, 0.25) is 5.91 Å². The van der Waals surface area contributed by atoms with Crippen LogP contribution in [0.1, 0.15) is 30.5 Å². The summed E-state index contributed by atoms with van der Waals surface area (Å²) >= 11 is 1.60. The van der Waals surface area contributed by atoms with Gasteiger partial charge in [-0.25, -0.2) is 4.98 Å². The monoisotopic (exact) mass is 329 g/mol. The SMILES string of the molecule is Cc1ccc(-c2nc(CC(=O)N3CCCCC3CN)cs2)cc1. The fraction of sp³-hybridized carbons (Fsp3) is 0.444. The van der Waals surface area contributed by atoms with Crippen LogP contribution in [0.15, 0.2) is 29.6 Å². The van der Waals surface area contributed by atoms with E-state index in [4.69, 9.17) is 5.73 Å². The van der Waals surface area contributed by atoms with Gasteiger partial charge in [0.15, 0.2) is 0 Å². The first-order valence-electron chi connectivity index (χ1n) is 8.18. The summed E-state index contributed by atoms with van der Waals surface area (Å²) in [6.45, 7) is 3.45. The molecule has 1 fully saturated rings. The van der Waals surface area contributed by atoms with Crippen molar-refractivity contribution in [3.63, 3.8) is 0 Å². The molecule has 1 aliphatic heterocycles. The molecule has 4 nitrogen and oxygen atoms in total. The molecular weight excluding hydrogens is 306 g/mol. The fourth-order valence-electron chi connectivity index (χ4n) is 3.05. The predicted molar refractivity (Wildman–Crippen MR) is 94.4 cm³/mol. The second kappa shape index (κ2) is 7.23. The molecule has 2 aromatic rings. The van der Waals surface area contributed by atoms with E-state index in [1.54, 1.807) is 11.3 Å². The molecule has 2 N–H and O–H groups in total.